The summed E-state index contributed by atoms with van der Waals surface area (Å²) in [4.78, 5) is 50.6. The number of unbranched alkanes of at least 4 members (excludes halogenated alkanes) is 2. The number of amides is 1. The van der Waals surface area contributed by atoms with Crippen LogP contribution in [0.5, 0.6) is 0 Å². The van der Waals surface area contributed by atoms with Gasteiger partial charge in [0.15, 0.2) is 0 Å². The number of carbonyl (C=O) groups excluding carboxylic acids is 2. The lowest BCUT2D eigenvalue weighted by Crippen LogP contribution is -2.65. The van der Waals surface area contributed by atoms with E-state index in [0.717, 1.165) is 77.0 Å². The quantitative estimate of drug-likeness (QED) is 0.125. The third kappa shape index (κ3) is 6.22. The van der Waals surface area contributed by atoms with Crippen LogP contribution < -0.4 is 5.32 Å². The number of fused-ring (bicyclic) bond motifs is 7. The molecule has 1 aromatic rings. The summed E-state index contributed by atoms with van der Waals surface area (Å²) >= 11 is 0. The molecule has 5 aliphatic rings. The highest BCUT2D eigenvalue weighted by atomic mass is 16.5. The van der Waals surface area contributed by atoms with Crippen LogP contribution in [0.3, 0.4) is 0 Å². The van der Waals surface area contributed by atoms with Crippen molar-refractivity contribution in [2.24, 2.45) is 50.2 Å². The number of hydrogen-bond acceptors (Lipinski definition) is 5. The summed E-state index contributed by atoms with van der Waals surface area (Å²) in [7, 11) is 0. The van der Waals surface area contributed by atoms with Gasteiger partial charge in [-0.2, -0.15) is 0 Å². The molecule has 8 heteroatoms. The summed E-state index contributed by atoms with van der Waals surface area (Å²) in [6.45, 7) is 17.5. The van der Waals surface area contributed by atoms with E-state index < -0.39 is 23.3 Å². The Morgan fingerprint density at radius 3 is 2.19 bits per heavy atom. The van der Waals surface area contributed by atoms with Crippen molar-refractivity contribution < 1.29 is 34.1 Å². The Labute approximate surface area is 310 Å². The maximum Gasteiger partial charge on any atom is 0.339 e. The van der Waals surface area contributed by atoms with Gasteiger partial charge in [0.05, 0.1) is 16.5 Å². The number of carboxylic acids is 2. The molecule has 3 N–H and O–H groups in total. The predicted molar refractivity (Wildman–Crippen MR) is 201 cm³/mol. The Balaban J connectivity index is 1.24. The van der Waals surface area contributed by atoms with Gasteiger partial charge >= 0.3 is 17.9 Å². The van der Waals surface area contributed by atoms with Gasteiger partial charge in [0.25, 0.3) is 0 Å². The number of allylic oxidation sites excluding steroid dienone is 2. The second-order valence-corrected chi connectivity index (χ2v) is 19.4. The smallest absolute Gasteiger partial charge is 0.339 e. The second kappa shape index (κ2) is 13.6. The van der Waals surface area contributed by atoms with E-state index in [4.69, 9.17) is 9.84 Å². The minimum atomic E-state index is -1.13. The standard InChI is InChI=1S/C44H63NO7/c1-39(2)22-24-44(38(51)45-26-12-8-9-15-35(46)47)25-23-42(6)30(31(44)27-39)16-17-33-41(5)20-19-34(40(3,4)32(41)18-21-43(33,42)7)52-37(50)29-14-11-10-13-28(29)36(48)49/h10-11,13-14,16,31-34H,8-9,12,15,17-27H2,1-7H3,(H,45,51)(H,46,47)(H,48,49)/t31-,32-,33+,34-,41-,42+,43+,44-/m0/s1. The lowest BCUT2D eigenvalue weighted by molar-refractivity contribution is -0.204. The summed E-state index contributed by atoms with van der Waals surface area (Å²) in [6.07, 6.45) is 14.4. The van der Waals surface area contributed by atoms with Crippen LogP contribution in [0.25, 0.3) is 0 Å². The fourth-order valence-electron chi connectivity index (χ4n) is 12.8. The van der Waals surface area contributed by atoms with Crippen molar-refractivity contribution in [2.45, 2.75) is 144 Å². The Kier molecular flexibility index (Phi) is 10.1. The second-order valence-electron chi connectivity index (χ2n) is 19.4. The average Bonchev–Trinajstić information content (AvgIpc) is 3.07. The van der Waals surface area contributed by atoms with E-state index in [0.29, 0.717) is 24.8 Å². The van der Waals surface area contributed by atoms with Crippen LogP contribution >= 0.6 is 0 Å². The number of aliphatic carboxylic acids is 1. The van der Waals surface area contributed by atoms with Crippen LogP contribution in [0, 0.1) is 50.2 Å². The minimum Gasteiger partial charge on any atom is -0.481 e. The van der Waals surface area contributed by atoms with Gasteiger partial charge in [0.1, 0.15) is 6.10 Å². The molecular formula is C44H63NO7. The first-order valence-electron chi connectivity index (χ1n) is 20.1. The van der Waals surface area contributed by atoms with Gasteiger partial charge in [-0.15, -0.1) is 0 Å². The third-order valence-corrected chi connectivity index (χ3v) is 16.0. The molecule has 1 aromatic carbocycles. The van der Waals surface area contributed by atoms with Crippen LogP contribution in [0.1, 0.15) is 159 Å². The highest BCUT2D eigenvalue weighted by molar-refractivity contribution is 6.02. The highest BCUT2D eigenvalue weighted by Crippen LogP contribution is 2.76. The van der Waals surface area contributed by atoms with E-state index in [1.54, 1.807) is 18.2 Å². The topological polar surface area (TPSA) is 130 Å². The van der Waals surface area contributed by atoms with Crippen molar-refractivity contribution in [3.63, 3.8) is 0 Å². The van der Waals surface area contributed by atoms with E-state index in [1.807, 2.05) is 0 Å². The normalized spacial score (nSPS) is 37.2. The minimum absolute atomic E-state index is 0.0173. The monoisotopic (exact) mass is 717 g/mol. The van der Waals surface area contributed by atoms with Crippen LogP contribution in [-0.2, 0) is 14.3 Å². The first-order valence-corrected chi connectivity index (χ1v) is 20.1. The van der Waals surface area contributed by atoms with Crippen LogP contribution in [0.4, 0.5) is 0 Å². The molecule has 1 amide bonds. The van der Waals surface area contributed by atoms with E-state index in [9.17, 15) is 24.3 Å². The number of carboxylic acid groups (broad SMARTS) is 2. The molecule has 8 nitrogen and oxygen atoms in total. The van der Waals surface area contributed by atoms with Crippen LogP contribution in [0.2, 0.25) is 0 Å². The zero-order valence-corrected chi connectivity index (χ0v) is 32.7. The summed E-state index contributed by atoms with van der Waals surface area (Å²) in [6, 6.07) is 6.32. The highest BCUT2D eigenvalue weighted by Gasteiger charge is 2.69. The van der Waals surface area contributed by atoms with Crippen molar-refractivity contribution in [3.05, 3.63) is 47.0 Å². The molecule has 5 aliphatic carbocycles. The molecule has 6 rings (SSSR count). The predicted octanol–water partition coefficient (Wildman–Crippen LogP) is 9.47. The molecule has 0 bridgehead atoms. The molecule has 8 atom stereocenters. The van der Waals surface area contributed by atoms with E-state index in [-0.39, 0.29) is 62.6 Å². The van der Waals surface area contributed by atoms with E-state index in [2.05, 4.69) is 59.9 Å². The van der Waals surface area contributed by atoms with E-state index >= 15 is 0 Å². The van der Waals surface area contributed by atoms with Gasteiger partial charge in [-0.3, -0.25) is 9.59 Å². The summed E-state index contributed by atoms with van der Waals surface area (Å²) in [5.74, 6) is -1.23. The zero-order chi connectivity index (χ0) is 37.9. The van der Waals surface area contributed by atoms with Crippen molar-refractivity contribution in [2.75, 3.05) is 6.54 Å². The van der Waals surface area contributed by atoms with Crippen molar-refractivity contribution in [3.8, 4) is 0 Å². The molecule has 0 heterocycles. The van der Waals surface area contributed by atoms with Gasteiger partial charge in [-0.25, -0.2) is 9.59 Å². The molecule has 0 spiro atoms. The number of aromatic carboxylic acids is 1. The molecule has 52 heavy (non-hydrogen) atoms. The largest absolute Gasteiger partial charge is 0.481 e. The van der Waals surface area contributed by atoms with Gasteiger partial charge in [-0.1, -0.05) is 78.7 Å². The fourth-order valence-corrected chi connectivity index (χ4v) is 12.8. The Morgan fingerprint density at radius 2 is 1.50 bits per heavy atom. The molecule has 286 valence electrons. The molecule has 4 saturated carbocycles. The van der Waals surface area contributed by atoms with Crippen molar-refractivity contribution in [1.29, 1.82) is 0 Å². The summed E-state index contributed by atoms with van der Waals surface area (Å²) in [5, 5.41) is 22.0. The Hall–Kier alpha value is -3.16. The van der Waals surface area contributed by atoms with Crippen molar-refractivity contribution >= 4 is 23.8 Å². The lowest BCUT2D eigenvalue weighted by Gasteiger charge is -2.71. The average molecular weight is 718 g/mol. The number of ether oxygens (including phenoxy) is 1. The van der Waals surface area contributed by atoms with Gasteiger partial charge in [-0.05, 0) is 129 Å². The summed E-state index contributed by atoms with van der Waals surface area (Å²) in [5.41, 5.74) is 1.19. The number of rotatable bonds is 10. The van der Waals surface area contributed by atoms with Gasteiger partial charge in [0.2, 0.25) is 5.91 Å². The lowest BCUT2D eigenvalue weighted by atomic mass is 9.33. The van der Waals surface area contributed by atoms with Gasteiger partial charge < -0.3 is 20.3 Å². The fraction of sp³-hybridized carbons (Fsp3) is 0.727. The molecule has 0 aliphatic heterocycles. The molecular weight excluding hydrogens is 654 g/mol. The number of nitrogens with one attached hydrogen (secondary N) is 1. The van der Waals surface area contributed by atoms with E-state index in [1.165, 1.54) is 11.6 Å². The third-order valence-electron chi connectivity index (χ3n) is 16.0. The molecule has 0 unspecified atom stereocenters. The molecule has 4 fully saturated rings. The SMILES string of the molecule is CC1(C)CC[C@]2(C(=O)NCCCCCC(=O)O)CC[C@]3(C)C(=CC[C@@H]4[C@@]5(C)CC[C@H](OC(=O)c6ccccc6C(=O)O)C(C)(C)[C@@H]5CC[C@]43C)[C@@H]2C1. The molecule has 0 radical (unpaired) electrons. The molecule has 0 saturated heterocycles. The van der Waals surface area contributed by atoms with Crippen molar-refractivity contribution in [1.82, 2.24) is 5.32 Å². The maximum atomic E-state index is 14.3. The van der Waals surface area contributed by atoms with Gasteiger partial charge in [0, 0.05) is 18.4 Å². The number of benzene rings is 1. The zero-order valence-electron chi connectivity index (χ0n) is 32.7. The number of esters is 1. The van der Waals surface area contributed by atoms with Crippen LogP contribution in [-0.4, -0.2) is 46.7 Å². The first-order chi connectivity index (χ1) is 24.3. The number of hydrogen-bond donors (Lipinski definition) is 3. The number of carbonyl (C=O) groups is 4. The Bertz CT molecular complexity index is 1630. The Morgan fingerprint density at radius 1 is 0.808 bits per heavy atom. The van der Waals surface area contributed by atoms with Crippen LogP contribution in [0.15, 0.2) is 35.9 Å². The first kappa shape index (κ1) is 38.6. The summed E-state index contributed by atoms with van der Waals surface area (Å²) < 4.78 is 6.24. The maximum absolute atomic E-state index is 14.3. The molecule has 0 aromatic heterocycles.